The Morgan fingerprint density at radius 1 is 1.44 bits per heavy atom. The zero-order valence-electron chi connectivity index (χ0n) is 10.3. The monoisotopic (exact) mass is 269 g/mol. The fourth-order valence-electron chi connectivity index (χ4n) is 1.76. The first-order chi connectivity index (χ1) is 8.54. The third-order valence-corrected chi connectivity index (χ3v) is 3.99. The van der Waals surface area contributed by atoms with Crippen LogP contribution in [-0.2, 0) is 16.6 Å². The Balaban J connectivity index is 2.10. The van der Waals surface area contributed by atoms with Crippen LogP contribution in [0, 0.1) is 0 Å². The van der Waals surface area contributed by atoms with Gasteiger partial charge in [-0.3, -0.25) is 19.1 Å². The molecule has 98 valence electrons. The van der Waals surface area contributed by atoms with Crippen molar-refractivity contribution in [2.24, 2.45) is 7.05 Å². The molecule has 1 atom stereocenters. The van der Waals surface area contributed by atoms with Crippen LogP contribution in [0.25, 0.3) is 0 Å². The molecule has 1 saturated heterocycles. The van der Waals surface area contributed by atoms with E-state index in [4.69, 9.17) is 5.73 Å². The molecule has 0 bridgehead atoms. The number of hydrogen-bond acceptors (Lipinski definition) is 6. The lowest BCUT2D eigenvalue weighted by Gasteiger charge is -2.12. The molecule has 1 aliphatic heterocycles. The maximum absolute atomic E-state index is 12.0. The predicted molar refractivity (Wildman–Crippen MR) is 66.7 cm³/mol. The lowest BCUT2D eigenvalue weighted by atomic mass is 10.4. The van der Waals surface area contributed by atoms with E-state index in [9.17, 15) is 9.59 Å². The highest BCUT2D eigenvalue weighted by molar-refractivity contribution is 8.00. The van der Waals surface area contributed by atoms with E-state index in [0.717, 1.165) is 6.42 Å². The molecule has 18 heavy (non-hydrogen) atoms. The quantitative estimate of drug-likeness (QED) is 0.775. The van der Waals surface area contributed by atoms with Gasteiger partial charge < -0.3 is 5.73 Å². The molecule has 2 amide bonds. The highest BCUT2D eigenvalue weighted by Crippen LogP contribution is 2.30. The summed E-state index contributed by atoms with van der Waals surface area (Å²) in [6.45, 7) is 2.42. The molecule has 2 heterocycles. The summed E-state index contributed by atoms with van der Waals surface area (Å²) in [6.07, 6.45) is 0.988. The van der Waals surface area contributed by atoms with Crippen molar-refractivity contribution in [1.29, 1.82) is 0 Å². The minimum absolute atomic E-state index is 0.116. The number of thioether (sulfide) groups is 1. The van der Waals surface area contributed by atoms with Gasteiger partial charge in [-0.2, -0.15) is 0 Å². The van der Waals surface area contributed by atoms with Gasteiger partial charge in [-0.1, -0.05) is 18.7 Å². The third-order valence-electron chi connectivity index (χ3n) is 2.77. The number of likely N-dealkylation sites (tertiary alicyclic amines) is 1. The summed E-state index contributed by atoms with van der Waals surface area (Å²) >= 11 is 1.24. The van der Waals surface area contributed by atoms with Crippen LogP contribution >= 0.6 is 11.8 Å². The Labute approximate surface area is 109 Å². The average molecular weight is 269 g/mol. The van der Waals surface area contributed by atoms with E-state index in [0.29, 0.717) is 17.6 Å². The van der Waals surface area contributed by atoms with Crippen molar-refractivity contribution in [2.45, 2.75) is 30.2 Å². The Morgan fingerprint density at radius 3 is 2.72 bits per heavy atom. The Hall–Kier alpha value is -1.57. The van der Waals surface area contributed by atoms with Crippen LogP contribution in [-0.4, -0.2) is 43.3 Å². The molecule has 8 heteroatoms. The largest absolute Gasteiger partial charge is 0.368 e. The van der Waals surface area contributed by atoms with Crippen LogP contribution in [0.3, 0.4) is 0 Å². The topological polar surface area (TPSA) is 94.1 Å². The number of anilines is 1. The summed E-state index contributed by atoms with van der Waals surface area (Å²) in [7, 11) is 1.72. The van der Waals surface area contributed by atoms with Crippen molar-refractivity contribution >= 4 is 29.5 Å². The summed E-state index contributed by atoms with van der Waals surface area (Å²) in [5, 5.41) is 7.74. The number of hydrogen-bond donors (Lipinski definition) is 1. The maximum Gasteiger partial charge on any atom is 0.243 e. The van der Waals surface area contributed by atoms with E-state index in [-0.39, 0.29) is 18.2 Å². The number of carbonyl (C=O) groups excluding carboxylic acids is 2. The van der Waals surface area contributed by atoms with Gasteiger partial charge in [0.1, 0.15) is 5.25 Å². The van der Waals surface area contributed by atoms with Crippen LogP contribution < -0.4 is 5.73 Å². The number of aromatic nitrogens is 3. The van der Waals surface area contributed by atoms with Crippen LogP contribution in [0.1, 0.15) is 19.8 Å². The van der Waals surface area contributed by atoms with E-state index < -0.39 is 5.25 Å². The van der Waals surface area contributed by atoms with E-state index >= 15 is 0 Å². The Kier molecular flexibility index (Phi) is 3.55. The van der Waals surface area contributed by atoms with Gasteiger partial charge in [0.05, 0.1) is 0 Å². The minimum Gasteiger partial charge on any atom is -0.368 e. The van der Waals surface area contributed by atoms with Gasteiger partial charge in [0.2, 0.25) is 17.8 Å². The van der Waals surface area contributed by atoms with Crippen molar-refractivity contribution in [1.82, 2.24) is 19.7 Å². The first-order valence-corrected chi connectivity index (χ1v) is 6.58. The van der Waals surface area contributed by atoms with Gasteiger partial charge in [0.15, 0.2) is 5.16 Å². The highest BCUT2D eigenvalue weighted by atomic mass is 32.2. The van der Waals surface area contributed by atoms with Crippen molar-refractivity contribution < 1.29 is 9.59 Å². The SMILES string of the molecule is CCCN1C(=O)CC(Sc2nnc(N)n2C)C1=O. The molecule has 1 fully saturated rings. The lowest BCUT2D eigenvalue weighted by Crippen LogP contribution is -2.31. The summed E-state index contributed by atoms with van der Waals surface area (Å²) in [6, 6.07) is 0. The molecule has 7 nitrogen and oxygen atoms in total. The second-order valence-electron chi connectivity index (χ2n) is 4.09. The van der Waals surface area contributed by atoms with Crippen LogP contribution in [0.15, 0.2) is 5.16 Å². The third kappa shape index (κ3) is 2.20. The predicted octanol–water partition coefficient (Wildman–Crippen LogP) is 0.0269. The molecule has 2 N–H and O–H groups in total. The van der Waals surface area contributed by atoms with Gasteiger partial charge in [-0.15, -0.1) is 10.2 Å². The van der Waals surface area contributed by atoms with Gasteiger partial charge in [-0.05, 0) is 6.42 Å². The van der Waals surface area contributed by atoms with Gasteiger partial charge in [-0.25, -0.2) is 0 Å². The maximum atomic E-state index is 12.0. The van der Waals surface area contributed by atoms with Crippen molar-refractivity contribution in [3.8, 4) is 0 Å². The molecular formula is C10H15N5O2S. The number of nitrogen functional groups attached to an aromatic ring is 1. The molecule has 0 spiro atoms. The lowest BCUT2D eigenvalue weighted by molar-refractivity contribution is -0.138. The minimum atomic E-state index is -0.411. The summed E-state index contributed by atoms with van der Waals surface area (Å²) < 4.78 is 1.60. The van der Waals surface area contributed by atoms with E-state index in [1.807, 2.05) is 6.92 Å². The number of amides is 2. The molecule has 0 aliphatic carbocycles. The van der Waals surface area contributed by atoms with E-state index in [1.165, 1.54) is 16.7 Å². The van der Waals surface area contributed by atoms with Crippen LogP contribution in [0.4, 0.5) is 5.95 Å². The molecule has 1 aliphatic rings. The van der Waals surface area contributed by atoms with Gasteiger partial charge in [0, 0.05) is 20.0 Å². The summed E-state index contributed by atoms with van der Waals surface area (Å²) in [5.41, 5.74) is 5.57. The number of nitrogens with zero attached hydrogens (tertiary/aromatic N) is 4. The highest BCUT2D eigenvalue weighted by Gasteiger charge is 2.39. The van der Waals surface area contributed by atoms with Crippen molar-refractivity contribution in [3.63, 3.8) is 0 Å². The molecular weight excluding hydrogens is 254 g/mol. The van der Waals surface area contributed by atoms with Crippen molar-refractivity contribution in [2.75, 3.05) is 12.3 Å². The first-order valence-electron chi connectivity index (χ1n) is 5.70. The second-order valence-corrected chi connectivity index (χ2v) is 5.26. The number of carbonyl (C=O) groups is 2. The summed E-state index contributed by atoms with van der Waals surface area (Å²) in [5.74, 6) is 0.0302. The van der Waals surface area contributed by atoms with E-state index in [2.05, 4.69) is 10.2 Å². The Bertz CT molecular complexity index is 487. The number of imide groups is 1. The van der Waals surface area contributed by atoms with Crippen LogP contribution in [0.5, 0.6) is 0 Å². The zero-order chi connectivity index (χ0) is 13.3. The first kappa shape index (κ1) is 12.9. The molecule has 0 aromatic carbocycles. The zero-order valence-corrected chi connectivity index (χ0v) is 11.1. The molecule has 1 aromatic heterocycles. The fraction of sp³-hybridized carbons (Fsp3) is 0.600. The number of nitrogens with two attached hydrogens (primary N) is 1. The standard InChI is InChI=1S/C10H15N5O2S/c1-3-4-15-7(16)5-6(8(15)17)18-10-13-12-9(11)14(10)2/h6H,3-5H2,1-2H3,(H2,11,12). The van der Waals surface area contributed by atoms with Crippen LogP contribution in [0.2, 0.25) is 0 Å². The summed E-state index contributed by atoms with van der Waals surface area (Å²) in [4.78, 5) is 25.0. The average Bonchev–Trinajstić information content (AvgIpc) is 2.78. The fourth-order valence-corrected chi connectivity index (χ4v) is 2.81. The van der Waals surface area contributed by atoms with Gasteiger partial charge in [0.25, 0.3) is 0 Å². The second kappa shape index (κ2) is 4.97. The van der Waals surface area contributed by atoms with Crippen molar-refractivity contribution in [3.05, 3.63) is 0 Å². The molecule has 2 rings (SSSR count). The normalized spacial score (nSPS) is 19.9. The molecule has 1 unspecified atom stereocenters. The van der Waals surface area contributed by atoms with Gasteiger partial charge >= 0.3 is 0 Å². The number of rotatable bonds is 4. The molecule has 0 saturated carbocycles. The smallest absolute Gasteiger partial charge is 0.243 e. The van der Waals surface area contributed by atoms with E-state index in [1.54, 1.807) is 11.6 Å². The molecule has 0 radical (unpaired) electrons. The molecule has 1 aromatic rings. The Morgan fingerprint density at radius 2 is 2.17 bits per heavy atom.